The number of hydrogen-bond acceptors (Lipinski definition) is 1. The first kappa shape index (κ1) is 15.8. The SMILES string of the molecule is CN=C(NC)N(C(C)C)C(C)C.[Y]. The predicted octanol–water partition coefficient (Wildman–Crippen LogP) is 1.31. The van der Waals surface area contributed by atoms with Gasteiger partial charge < -0.3 is 10.2 Å². The molecule has 0 unspecified atom stereocenters. The molecular formula is C9H21N3Y. The molecule has 0 fully saturated rings. The van der Waals surface area contributed by atoms with Gasteiger partial charge in [0.25, 0.3) is 0 Å². The summed E-state index contributed by atoms with van der Waals surface area (Å²) in [6, 6.07) is 0.965. The van der Waals surface area contributed by atoms with Crippen LogP contribution in [0.15, 0.2) is 4.99 Å². The Labute approximate surface area is 107 Å². The molecule has 0 saturated heterocycles. The van der Waals surface area contributed by atoms with Crippen LogP contribution in [-0.2, 0) is 32.7 Å². The van der Waals surface area contributed by atoms with Crippen LogP contribution in [0.5, 0.6) is 0 Å². The van der Waals surface area contributed by atoms with Crippen LogP contribution in [-0.4, -0.2) is 37.0 Å². The summed E-state index contributed by atoms with van der Waals surface area (Å²) >= 11 is 0. The van der Waals surface area contributed by atoms with Crippen LogP contribution >= 0.6 is 0 Å². The molecule has 0 bridgehead atoms. The third-order valence-electron chi connectivity index (χ3n) is 1.79. The Morgan fingerprint density at radius 2 is 1.54 bits per heavy atom. The molecule has 13 heavy (non-hydrogen) atoms. The van der Waals surface area contributed by atoms with E-state index in [9.17, 15) is 0 Å². The van der Waals surface area contributed by atoms with Gasteiger partial charge in [0, 0.05) is 58.9 Å². The van der Waals surface area contributed by atoms with Crippen LogP contribution in [0.3, 0.4) is 0 Å². The average Bonchev–Trinajstić information content (AvgIpc) is 1.98. The minimum atomic E-state index is 0. The monoisotopic (exact) mass is 260 g/mol. The Bertz CT molecular complexity index is 147. The molecule has 0 aromatic rings. The Hall–Kier alpha value is 0.374. The van der Waals surface area contributed by atoms with E-state index in [1.54, 1.807) is 0 Å². The van der Waals surface area contributed by atoms with Gasteiger partial charge in [0.1, 0.15) is 0 Å². The van der Waals surface area contributed by atoms with Gasteiger partial charge in [-0.25, -0.2) is 0 Å². The topological polar surface area (TPSA) is 27.6 Å². The van der Waals surface area contributed by atoms with E-state index < -0.39 is 0 Å². The van der Waals surface area contributed by atoms with Crippen molar-refractivity contribution in [2.75, 3.05) is 14.1 Å². The Morgan fingerprint density at radius 1 is 1.15 bits per heavy atom. The van der Waals surface area contributed by atoms with Crippen molar-refractivity contribution in [1.82, 2.24) is 10.2 Å². The zero-order valence-electron chi connectivity index (χ0n) is 9.63. The van der Waals surface area contributed by atoms with Gasteiger partial charge in [-0.05, 0) is 27.7 Å². The predicted molar refractivity (Wildman–Crippen MR) is 54.5 cm³/mol. The standard InChI is InChI=1S/C9H21N3.Y/c1-7(2)12(8(3)4)9(10-5)11-6;/h7-8H,1-6H3,(H,10,11);. The van der Waals surface area contributed by atoms with Gasteiger partial charge in [-0.15, -0.1) is 0 Å². The quantitative estimate of drug-likeness (QED) is 0.599. The molecule has 0 aromatic heterocycles. The van der Waals surface area contributed by atoms with Gasteiger partial charge in [-0.3, -0.25) is 4.99 Å². The maximum Gasteiger partial charge on any atom is 0.193 e. The molecule has 0 aromatic carbocycles. The molecule has 1 N–H and O–H groups in total. The van der Waals surface area contributed by atoms with Gasteiger partial charge in [-0.2, -0.15) is 0 Å². The Balaban J connectivity index is 0. The summed E-state index contributed by atoms with van der Waals surface area (Å²) in [7, 11) is 3.71. The normalized spacial score (nSPS) is 11.5. The van der Waals surface area contributed by atoms with Crippen molar-refractivity contribution in [3.63, 3.8) is 0 Å². The fourth-order valence-corrected chi connectivity index (χ4v) is 1.44. The third-order valence-corrected chi connectivity index (χ3v) is 1.79. The number of aliphatic imine (C=N–C) groups is 1. The van der Waals surface area contributed by atoms with E-state index >= 15 is 0 Å². The molecule has 0 aliphatic rings. The van der Waals surface area contributed by atoms with Crippen LogP contribution in [0, 0.1) is 0 Å². The molecule has 4 heteroatoms. The van der Waals surface area contributed by atoms with Gasteiger partial charge in [0.15, 0.2) is 5.96 Å². The molecule has 0 rings (SSSR count). The fourth-order valence-electron chi connectivity index (χ4n) is 1.44. The molecule has 0 saturated carbocycles. The van der Waals surface area contributed by atoms with E-state index in [1.165, 1.54) is 0 Å². The van der Waals surface area contributed by atoms with Crippen LogP contribution in [0.1, 0.15) is 27.7 Å². The number of nitrogens with one attached hydrogen (secondary N) is 1. The minimum Gasteiger partial charge on any atom is -0.359 e. The van der Waals surface area contributed by atoms with E-state index in [0.717, 1.165) is 5.96 Å². The van der Waals surface area contributed by atoms with Gasteiger partial charge in [-0.1, -0.05) is 0 Å². The van der Waals surface area contributed by atoms with Crippen LogP contribution in [0.4, 0.5) is 0 Å². The van der Waals surface area contributed by atoms with Crippen LogP contribution in [0.25, 0.3) is 0 Å². The smallest absolute Gasteiger partial charge is 0.193 e. The van der Waals surface area contributed by atoms with Gasteiger partial charge in [0.05, 0.1) is 0 Å². The molecule has 0 heterocycles. The van der Waals surface area contributed by atoms with Crippen LogP contribution in [0.2, 0.25) is 0 Å². The first-order valence-corrected chi connectivity index (χ1v) is 4.47. The summed E-state index contributed by atoms with van der Waals surface area (Å²) in [5.74, 6) is 0.958. The second-order valence-corrected chi connectivity index (χ2v) is 3.39. The maximum absolute atomic E-state index is 4.18. The number of guanidine groups is 1. The van der Waals surface area contributed by atoms with Crippen molar-refractivity contribution in [2.45, 2.75) is 39.8 Å². The Morgan fingerprint density at radius 3 is 1.62 bits per heavy atom. The van der Waals surface area contributed by atoms with Crippen molar-refractivity contribution in [2.24, 2.45) is 4.99 Å². The summed E-state index contributed by atoms with van der Waals surface area (Å²) in [4.78, 5) is 6.43. The largest absolute Gasteiger partial charge is 0.359 e. The molecule has 3 nitrogen and oxygen atoms in total. The first-order valence-electron chi connectivity index (χ1n) is 4.47. The number of hydrogen-bond donors (Lipinski definition) is 1. The second kappa shape index (κ2) is 7.75. The molecular weight excluding hydrogens is 239 g/mol. The minimum absolute atomic E-state index is 0. The summed E-state index contributed by atoms with van der Waals surface area (Å²) < 4.78 is 0. The van der Waals surface area contributed by atoms with E-state index in [-0.39, 0.29) is 32.7 Å². The van der Waals surface area contributed by atoms with Crippen molar-refractivity contribution in [1.29, 1.82) is 0 Å². The van der Waals surface area contributed by atoms with E-state index in [1.807, 2.05) is 14.1 Å². The summed E-state index contributed by atoms with van der Waals surface area (Å²) in [6.45, 7) is 8.68. The molecule has 1 radical (unpaired) electrons. The summed E-state index contributed by atoms with van der Waals surface area (Å²) in [5.41, 5.74) is 0. The van der Waals surface area contributed by atoms with E-state index in [2.05, 4.69) is 42.9 Å². The summed E-state index contributed by atoms with van der Waals surface area (Å²) in [6.07, 6.45) is 0. The van der Waals surface area contributed by atoms with Crippen molar-refractivity contribution in [3.8, 4) is 0 Å². The van der Waals surface area contributed by atoms with E-state index in [4.69, 9.17) is 0 Å². The zero-order chi connectivity index (χ0) is 9.72. The molecule has 75 valence electrons. The number of nitrogens with zero attached hydrogens (tertiary/aromatic N) is 2. The Kier molecular flexibility index (Phi) is 9.43. The first-order chi connectivity index (χ1) is 5.54. The molecule has 0 amide bonds. The van der Waals surface area contributed by atoms with E-state index in [0.29, 0.717) is 12.1 Å². The van der Waals surface area contributed by atoms with Crippen molar-refractivity contribution in [3.05, 3.63) is 0 Å². The van der Waals surface area contributed by atoms with Gasteiger partial charge in [0.2, 0.25) is 0 Å². The van der Waals surface area contributed by atoms with Gasteiger partial charge >= 0.3 is 0 Å². The molecule has 0 atom stereocenters. The molecule has 0 aliphatic carbocycles. The van der Waals surface area contributed by atoms with Crippen LogP contribution < -0.4 is 5.32 Å². The average molecular weight is 260 g/mol. The van der Waals surface area contributed by atoms with Crippen molar-refractivity contribution >= 4 is 5.96 Å². The number of rotatable bonds is 2. The summed E-state index contributed by atoms with van der Waals surface area (Å²) in [5, 5.41) is 3.09. The zero-order valence-corrected chi connectivity index (χ0v) is 12.5. The maximum atomic E-state index is 4.18. The fraction of sp³-hybridized carbons (Fsp3) is 0.889. The second-order valence-electron chi connectivity index (χ2n) is 3.39. The third kappa shape index (κ3) is 4.97. The molecule has 0 aliphatic heterocycles. The molecule has 0 spiro atoms. The van der Waals surface area contributed by atoms with Crippen molar-refractivity contribution < 1.29 is 32.7 Å².